The molecule has 6 nitrogen and oxygen atoms in total. The third kappa shape index (κ3) is 3.51. The Bertz CT molecular complexity index is 343. The van der Waals surface area contributed by atoms with Gasteiger partial charge in [-0.2, -0.15) is 0 Å². The first-order valence-electron chi connectivity index (χ1n) is 4.38. The molecule has 1 aromatic heterocycles. The normalized spacial score (nSPS) is 11.9. The fourth-order valence-corrected chi connectivity index (χ4v) is 0.905. The van der Waals surface area contributed by atoms with Crippen molar-refractivity contribution in [1.29, 1.82) is 0 Å². The van der Waals surface area contributed by atoms with E-state index in [0.29, 0.717) is 5.88 Å². The highest BCUT2D eigenvalue weighted by atomic mass is 16.5. The van der Waals surface area contributed by atoms with Crippen molar-refractivity contribution >= 4 is 5.97 Å². The summed E-state index contributed by atoms with van der Waals surface area (Å²) < 4.78 is 9.62. The number of carbonyl (C=O) groups is 1. The van der Waals surface area contributed by atoms with Crippen molar-refractivity contribution in [2.45, 2.75) is 13.0 Å². The van der Waals surface area contributed by atoms with Crippen LogP contribution in [0.5, 0.6) is 5.88 Å². The highest BCUT2D eigenvalue weighted by molar-refractivity contribution is 5.75. The highest BCUT2D eigenvalue weighted by Gasteiger charge is 2.14. The monoisotopic (exact) mass is 211 g/mol. The zero-order valence-electron chi connectivity index (χ0n) is 8.64. The molecule has 0 saturated heterocycles. The van der Waals surface area contributed by atoms with Crippen LogP contribution in [0.4, 0.5) is 0 Å². The number of nitrogens with zero attached hydrogens (tertiary/aromatic N) is 2. The highest BCUT2D eigenvalue weighted by Crippen LogP contribution is 2.04. The molecule has 0 fully saturated rings. The lowest BCUT2D eigenvalue weighted by Gasteiger charge is -2.10. The van der Waals surface area contributed by atoms with Crippen molar-refractivity contribution in [3.05, 3.63) is 18.1 Å². The topological polar surface area (TPSA) is 87.3 Å². The van der Waals surface area contributed by atoms with E-state index in [4.69, 9.17) is 10.5 Å². The van der Waals surface area contributed by atoms with Gasteiger partial charge in [0.05, 0.1) is 19.0 Å². The van der Waals surface area contributed by atoms with Gasteiger partial charge < -0.3 is 15.2 Å². The lowest BCUT2D eigenvalue weighted by molar-refractivity contribution is -0.142. The standard InChI is InChI=1S/C9H13N3O3/c1-6-3-11-4-8(12-6)15-5-7(10)9(13)14-2/h3-4,7H,5,10H2,1-2H3. The fourth-order valence-electron chi connectivity index (χ4n) is 0.905. The van der Waals surface area contributed by atoms with Gasteiger partial charge in [0.25, 0.3) is 0 Å². The molecule has 82 valence electrons. The van der Waals surface area contributed by atoms with E-state index in [1.807, 2.05) is 0 Å². The number of rotatable bonds is 4. The molecule has 1 rings (SSSR count). The van der Waals surface area contributed by atoms with Crippen molar-refractivity contribution in [2.75, 3.05) is 13.7 Å². The minimum Gasteiger partial charge on any atom is -0.474 e. The molecule has 1 atom stereocenters. The van der Waals surface area contributed by atoms with Crippen LogP contribution in [0.3, 0.4) is 0 Å². The molecule has 0 radical (unpaired) electrons. The van der Waals surface area contributed by atoms with Gasteiger partial charge in [0.1, 0.15) is 12.6 Å². The maximum atomic E-state index is 10.9. The van der Waals surface area contributed by atoms with E-state index in [-0.39, 0.29) is 6.61 Å². The summed E-state index contributed by atoms with van der Waals surface area (Å²) in [4.78, 5) is 18.9. The van der Waals surface area contributed by atoms with Gasteiger partial charge in [0, 0.05) is 6.20 Å². The maximum absolute atomic E-state index is 10.9. The van der Waals surface area contributed by atoms with E-state index in [0.717, 1.165) is 5.69 Å². The average molecular weight is 211 g/mol. The smallest absolute Gasteiger partial charge is 0.326 e. The summed E-state index contributed by atoms with van der Waals surface area (Å²) in [5.41, 5.74) is 6.20. The molecule has 0 aliphatic rings. The molecule has 0 bridgehead atoms. The van der Waals surface area contributed by atoms with Crippen molar-refractivity contribution in [3.63, 3.8) is 0 Å². The number of hydrogen-bond donors (Lipinski definition) is 1. The van der Waals surface area contributed by atoms with Crippen LogP contribution in [-0.2, 0) is 9.53 Å². The zero-order chi connectivity index (χ0) is 11.3. The molecule has 1 heterocycles. The van der Waals surface area contributed by atoms with Crippen molar-refractivity contribution in [2.24, 2.45) is 5.73 Å². The van der Waals surface area contributed by atoms with Gasteiger partial charge in [-0.15, -0.1) is 0 Å². The quantitative estimate of drug-likeness (QED) is 0.686. The molecular formula is C9H13N3O3. The summed E-state index contributed by atoms with van der Waals surface area (Å²) in [5, 5.41) is 0. The van der Waals surface area contributed by atoms with Gasteiger partial charge in [-0.1, -0.05) is 0 Å². The SMILES string of the molecule is COC(=O)C(N)COc1cncc(C)n1. The van der Waals surface area contributed by atoms with Crippen LogP contribution in [-0.4, -0.2) is 35.7 Å². The number of nitrogens with two attached hydrogens (primary N) is 1. The van der Waals surface area contributed by atoms with Crippen LogP contribution in [0.2, 0.25) is 0 Å². The predicted octanol–water partition coefficient (Wildman–Crippen LogP) is -0.336. The molecule has 1 unspecified atom stereocenters. The molecule has 0 aliphatic heterocycles. The number of carbonyl (C=O) groups excluding carboxylic acids is 1. The van der Waals surface area contributed by atoms with Crippen LogP contribution in [0, 0.1) is 6.92 Å². The summed E-state index contributed by atoms with van der Waals surface area (Å²) in [6, 6.07) is -0.808. The van der Waals surface area contributed by atoms with Crippen molar-refractivity contribution in [3.8, 4) is 5.88 Å². The number of esters is 1. The number of hydrogen-bond acceptors (Lipinski definition) is 6. The fraction of sp³-hybridized carbons (Fsp3) is 0.444. The van der Waals surface area contributed by atoms with Crippen LogP contribution < -0.4 is 10.5 Å². The Morgan fingerprint density at radius 2 is 2.33 bits per heavy atom. The van der Waals surface area contributed by atoms with E-state index >= 15 is 0 Å². The molecule has 0 spiro atoms. The van der Waals surface area contributed by atoms with E-state index in [9.17, 15) is 4.79 Å². The average Bonchev–Trinajstić information content (AvgIpc) is 2.25. The second-order valence-electron chi connectivity index (χ2n) is 2.94. The molecule has 0 aromatic carbocycles. The lowest BCUT2D eigenvalue weighted by atomic mass is 10.3. The van der Waals surface area contributed by atoms with E-state index in [1.54, 1.807) is 13.1 Å². The van der Waals surface area contributed by atoms with Crippen LogP contribution in [0.25, 0.3) is 0 Å². The number of methoxy groups -OCH3 is 1. The summed E-state index contributed by atoms with van der Waals surface area (Å²) in [5.74, 6) is -0.176. The van der Waals surface area contributed by atoms with Gasteiger partial charge >= 0.3 is 5.97 Å². The molecule has 0 saturated carbocycles. The van der Waals surface area contributed by atoms with Crippen LogP contribution >= 0.6 is 0 Å². The molecule has 0 aliphatic carbocycles. The van der Waals surface area contributed by atoms with Crippen molar-refractivity contribution in [1.82, 2.24) is 9.97 Å². The van der Waals surface area contributed by atoms with Gasteiger partial charge in [0.2, 0.25) is 5.88 Å². The third-order valence-electron chi connectivity index (χ3n) is 1.65. The minimum absolute atomic E-state index is 0.0187. The van der Waals surface area contributed by atoms with E-state index < -0.39 is 12.0 Å². The van der Waals surface area contributed by atoms with E-state index in [1.165, 1.54) is 13.3 Å². The second kappa shape index (κ2) is 5.26. The second-order valence-corrected chi connectivity index (χ2v) is 2.94. The van der Waals surface area contributed by atoms with Gasteiger partial charge in [-0.05, 0) is 6.92 Å². The molecule has 15 heavy (non-hydrogen) atoms. The summed E-state index contributed by atoms with van der Waals surface area (Å²) in [6.45, 7) is 1.81. The Morgan fingerprint density at radius 3 is 2.93 bits per heavy atom. The third-order valence-corrected chi connectivity index (χ3v) is 1.65. The largest absolute Gasteiger partial charge is 0.474 e. The zero-order valence-corrected chi connectivity index (χ0v) is 8.64. The van der Waals surface area contributed by atoms with Crippen LogP contribution in [0.15, 0.2) is 12.4 Å². The number of aryl methyl sites for hydroxylation is 1. The molecule has 0 amide bonds. The Morgan fingerprint density at radius 1 is 1.60 bits per heavy atom. The summed E-state index contributed by atoms with van der Waals surface area (Å²) >= 11 is 0. The van der Waals surface area contributed by atoms with Gasteiger partial charge in [-0.25, -0.2) is 4.98 Å². The Labute approximate surface area is 87.4 Å². The first-order valence-corrected chi connectivity index (χ1v) is 4.38. The molecule has 6 heteroatoms. The first-order chi connectivity index (χ1) is 7.13. The predicted molar refractivity (Wildman–Crippen MR) is 52.3 cm³/mol. The Kier molecular flexibility index (Phi) is 3.99. The minimum atomic E-state index is -0.808. The van der Waals surface area contributed by atoms with Gasteiger partial charge in [-0.3, -0.25) is 9.78 Å². The first kappa shape index (κ1) is 11.4. The Balaban J connectivity index is 2.47. The van der Waals surface area contributed by atoms with Crippen molar-refractivity contribution < 1.29 is 14.3 Å². The van der Waals surface area contributed by atoms with Gasteiger partial charge in [0.15, 0.2) is 0 Å². The number of ether oxygens (including phenoxy) is 2. The summed E-state index contributed by atoms with van der Waals surface area (Å²) in [6.07, 6.45) is 3.06. The Hall–Kier alpha value is -1.69. The molecule has 2 N–H and O–H groups in total. The lowest BCUT2D eigenvalue weighted by Crippen LogP contribution is -2.37. The summed E-state index contributed by atoms with van der Waals surface area (Å²) in [7, 11) is 1.27. The van der Waals surface area contributed by atoms with Crippen LogP contribution in [0.1, 0.15) is 5.69 Å². The van der Waals surface area contributed by atoms with E-state index in [2.05, 4.69) is 14.7 Å². The molecular weight excluding hydrogens is 198 g/mol. The molecule has 1 aromatic rings. The number of aromatic nitrogens is 2. The maximum Gasteiger partial charge on any atom is 0.326 e.